The molecule has 1 aromatic heterocycles. The number of hydrogen-bond acceptors (Lipinski definition) is 4. The number of carbonyl (C=O) groups excluding carboxylic acids is 1. The number of carbonyl (C=O) groups is 1. The predicted molar refractivity (Wildman–Crippen MR) is 126 cm³/mol. The second-order valence-corrected chi connectivity index (χ2v) is 8.22. The second-order valence-electron chi connectivity index (χ2n) is 8.22. The van der Waals surface area contributed by atoms with E-state index in [1.165, 1.54) is 6.07 Å². The zero-order valence-corrected chi connectivity index (χ0v) is 19.3. The van der Waals surface area contributed by atoms with Gasteiger partial charge in [-0.2, -0.15) is 0 Å². The zero-order chi connectivity index (χ0) is 23.4. The third-order valence-electron chi connectivity index (χ3n) is 6.21. The molecule has 1 fully saturated rings. The Hall–Kier alpha value is -3.16. The van der Waals surface area contributed by atoms with Gasteiger partial charge in [0.1, 0.15) is 11.6 Å². The standard InChI is InChI=1S/C26H30FN3O3/c1-18-16-22(19(2)30(18)24-7-5-4-6-23(24)27)26(31)28-17-25(29-12-14-33-15-13-29)20-8-10-21(32-3)11-9-20/h4-11,16,25H,12-15,17H2,1-3H3,(H,28,31). The van der Waals surface area contributed by atoms with Gasteiger partial charge >= 0.3 is 0 Å². The molecule has 1 aliphatic heterocycles. The van der Waals surface area contributed by atoms with Crippen molar-refractivity contribution in [3.63, 3.8) is 0 Å². The molecule has 1 amide bonds. The van der Waals surface area contributed by atoms with E-state index in [9.17, 15) is 9.18 Å². The highest BCUT2D eigenvalue weighted by Gasteiger charge is 2.25. The minimum Gasteiger partial charge on any atom is -0.497 e. The molecule has 33 heavy (non-hydrogen) atoms. The van der Waals surface area contributed by atoms with Crippen molar-refractivity contribution < 1.29 is 18.7 Å². The number of para-hydroxylation sites is 1. The van der Waals surface area contributed by atoms with Crippen LogP contribution in [0.5, 0.6) is 5.75 Å². The molecule has 4 rings (SSSR count). The summed E-state index contributed by atoms with van der Waals surface area (Å²) in [6, 6.07) is 16.4. The van der Waals surface area contributed by atoms with Gasteiger partial charge in [0.05, 0.1) is 37.6 Å². The Labute approximate surface area is 193 Å². The predicted octanol–water partition coefficient (Wildman–Crippen LogP) is 4.05. The minimum atomic E-state index is -0.321. The van der Waals surface area contributed by atoms with Crippen molar-refractivity contribution in [2.75, 3.05) is 40.0 Å². The van der Waals surface area contributed by atoms with Crippen LogP contribution in [0.1, 0.15) is 33.4 Å². The third-order valence-corrected chi connectivity index (χ3v) is 6.21. The van der Waals surface area contributed by atoms with Crippen molar-refractivity contribution in [3.8, 4) is 11.4 Å². The molecule has 0 bridgehead atoms. The molecule has 3 aromatic rings. The maximum Gasteiger partial charge on any atom is 0.253 e. The van der Waals surface area contributed by atoms with Crippen LogP contribution in [0.15, 0.2) is 54.6 Å². The van der Waals surface area contributed by atoms with Crippen LogP contribution in [0.3, 0.4) is 0 Å². The lowest BCUT2D eigenvalue weighted by molar-refractivity contribution is 0.0162. The van der Waals surface area contributed by atoms with Gasteiger partial charge in [-0.3, -0.25) is 9.69 Å². The third kappa shape index (κ3) is 4.94. The second kappa shape index (κ2) is 10.2. The molecule has 1 atom stereocenters. The molecule has 0 radical (unpaired) electrons. The number of aryl methyl sites for hydroxylation is 1. The summed E-state index contributed by atoms with van der Waals surface area (Å²) in [5, 5.41) is 3.11. The Bertz CT molecular complexity index is 1100. The highest BCUT2D eigenvalue weighted by atomic mass is 19.1. The van der Waals surface area contributed by atoms with E-state index in [0.29, 0.717) is 36.7 Å². The highest BCUT2D eigenvalue weighted by molar-refractivity contribution is 5.96. The van der Waals surface area contributed by atoms with E-state index in [-0.39, 0.29) is 17.8 Å². The van der Waals surface area contributed by atoms with E-state index in [0.717, 1.165) is 30.1 Å². The first-order valence-corrected chi connectivity index (χ1v) is 11.2. The van der Waals surface area contributed by atoms with Gasteiger partial charge < -0.3 is 19.4 Å². The molecule has 0 saturated carbocycles. The summed E-state index contributed by atoms with van der Waals surface area (Å²) in [4.78, 5) is 15.5. The van der Waals surface area contributed by atoms with Crippen LogP contribution >= 0.6 is 0 Å². The summed E-state index contributed by atoms with van der Waals surface area (Å²) in [6.45, 7) is 7.12. The van der Waals surface area contributed by atoms with E-state index in [2.05, 4.69) is 10.2 Å². The van der Waals surface area contributed by atoms with Gasteiger partial charge in [0.15, 0.2) is 0 Å². The molecule has 1 N–H and O–H groups in total. The molecular weight excluding hydrogens is 421 g/mol. The average molecular weight is 452 g/mol. The van der Waals surface area contributed by atoms with Gasteiger partial charge in [0.25, 0.3) is 5.91 Å². The molecule has 7 heteroatoms. The Morgan fingerprint density at radius 2 is 1.82 bits per heavy atom. The fraction of sp³-hybridized carbons (Fsp3) is 0.346. The minimum absolute atomic E-state index is 0.0128. The van der Waals surface area contributed by atoms with E-state index in [1.807, 2.05) is 44.2 Å². The van der Waals surface area contributed by atoms with Crippen molar-refractivity contribution in [1.82, 2.24) is 14.8 Å². The van der Waals surface area contributed by atoms with Crippen LogP contribution in [-0.2, 0) is 4.74 Å². The van der Waals surface area contributed by atoms with Crippen molar-refractivity contribution in [2.24, 2.45) is 0 Å². The number of amides is 1. The lowest BCUT2D eigenvalue weighted by atomic mass is 10.0. The Balaban J connectivity index is 1.55. The topological polar surface area (TPSA) is 55.7 Å². The maximum absolute atomic E-state index is 14.4. The summed E-state index contributed by atoms with van der Waals surface area (Å²) in [5.74, 6) is 0.305. The van der Waals surface area contributed by atoms with Crippen LogP contribution in [0, 0.1) is 19.7 Å². The summed E-state index contributed by atoms with van der Waals surface area (Å²) >= 11 is 0. The van der Waals surface area contributed by atoms with Crippen LogP contribution in [-0.4, -0.2) is 55.3 Å². The number of morpholine rings is 1. The molecule has 1 unspecified atom stereocenters. The van der Waals surface area contributed by atoms with Crippen LogP contribution < -0.4 is 10.1 Å². The SMILES string of the molecule is COc1ccc(C(CNC(=O)c2cc(C)n(-c3ccccc3F)c2C)N2CCOCC2)cc1. The molecule has 0 spiro atoms. The molecule has 174 valence electrons. The van der Waals surface area contributed by atoms with Gasteiger partial charge in [-0.1, -0.05) is 24.3 Å². The number of halogens is 1. The van der Waals surface area contributed by atoms with Gasteiger partial charge in [0.2, 0.25) is 0 Å². The monoisotopic (exact) mass is 451 g/mol. The zero-order valence-electron chi connectivity index (χ0n) is 19.3. The summed E-state index contributed by atoms with van der Waals surface area (Å²) in [5.41, 5.74) is 3.61. The summed E-state index contributed by atoms with van der Waals surface area (Å²) in [6.07, 6.45) is 0. The summed E-state index contributed by atoms with van der Waals surface area (Å²) < 4.78 is 27.0. The van der Waals surface area contributed by atoms with Crippen LogP contribution in [0.2, 0.25) is 0 Å². The van der Waals surface area contributed by atoms with E-state index in [1.54, 1.807) is 29.9 Å². The summed E-state index contributed by atoms with van der Waals surface area (Å²) in [7, 11) is 1.65. The van der Waals surface area contributed by atoms with Crippen LogP contribution in [0.25, 0.3) is 5.69 Å². The quantitative estimate of drug-likeness (QED) is 0.589. The number of ether oxygens (including phenoxy) is 2. The number of hydrogen-bond donors (Lipinski definition) is 1. The molecule has 0 aliphatic carbocycles. The molecular formula is C26H30FN3O3. The van der Waals surface area contributed by atoms with E-state index in [4.69, 9.17) is 9.47 Å². The number of benzene rings is 2. The number of aromatic nitrogens is 1. The Kier molecular flexibility index (Phi) is 7.11. The van der Waals surface area contributed by atoms with Crippen molar-refractivity contribution >= 4 is 5.91 Å². The van der Waals surface area contributed by atoms with Crippen molar-refractivity contribution in [1.29, 1.82) is 0 Å². The van der Waals surface area contributed by atoms with Crippen molar-refractivity contribution in [2.45, 2.75) is 19.9 Å². The average Bonchev–Trinajstić information content (AvgIpc) is 3.14. The first-order valence-electron chi connectivity index (χ1n) is 11.2. The first-order chi connectivity index (χ1) is 16.0. The fourth-order valence-electron chi connectivity index (χ4n) is 4.45. The lowest BCUT2D eigenvalue weighted by Gasteiger charge is -2.35. The maximum atomic E-state index is 14.4. The van der Waals surface area contributed by atoms with E-state index >= 15 is 0 Å². The molecule has 2 heterocycles. The molecule has 1 saturated heterocycles. The van der Waals surface area contributed by atoms with Gasteiger partial charge in [-0.15, -0.1) is 0 Å². The van der Waals surface area contributed by atoms with Crippen LogP contribution in [0.4, 0.5) is 4.39 Å². The van der Waals surface area contributed by atoms with E-state index < -0.39 is 0 Å². The van der Waals surface area contributed by atoms with Gasteiger partial charge in [0, 0.05) is 31.0 Å². The van der Waals surface area contributed by atoms with Crippen molar-refractivity contribution in [3.05, 3.63) is 82.9 Å². The smallest absolute Gasteiger partial charge is 0.253 e. The number of methoxy groups -OCH3 is 1. The lowest BCUT2D eigenvalue weighted by Crippen LogP contribution is -2.43. The highest BCUT2D eigenvalue weighted by Crippen LogP contribution is 2.25. The molecule has 6 nitrogen and oxygen atoms in total. The Morgan fingerprint density at radius 1 is 1.12 bits per heavy atom. The number of nitrogens with one attached hydrogen (secondary N) is 1. The fourth-order valence-corrected chi connectivity index (χ4v) is 4.45. The largest absolute Gasteiger partial charge is 0.497 e. The number of rotatable bonds is 7. The molecule has 1 aliphatic rings. The van der Waals surface area contributed by atoms with Gasteiger partial charge in [-0.25, -0.2) is 4.39 Å². The Morgan fingerprint density at radius 3 is 2.48 bits per heavy atom. The number of nitrogens with zero attached hydrogens (tertiary/aromatic N) is 2. The normalized spacial score (nSPS) is 15.3. The molecule has 2 aromatic carbocycles. The van der Waals surface area contributed by atoms with Gasteiger partial charge in [-0.05, 0) is 49.7 Å². The first kappa shape index (κ1) is 23.0.